The van der Waals surface area contributed by atoms with Gasteiger partial charge in [-0.2, -0.15) is 0 Å². The van der Waals surface area contributed by atoms with Gasteiger partial charge in [-0.15, -0.1) is 0 Å². The number of carboxylic acid groups (broad SMARTS) is 1. The van der Waals surface area contributed by atoms with E-state index in [1.807, 2.05) is 19.1 Å². The van der Waals surface area contributed by atoms with Crippen LogP contribution in [0.25, 0.3) is 0 Å². The van der Waals surface area contributed by atoms with Crippen molar-refractivity contribution in [1.82, 2.24) is 0 Å². The normalized spacial score (nSPS) is 20.6. The van der Waals surface area contributed by atoms with Crippen molar-refractivity contribution in [3.63, 3.8) is 0 Å². The molecule has 98 valence electrons. The van der Waals surface area contributed by atoms with Crippen LogP contribution in [0.4, 0.5) is 5.69 Å². The lowest BCUT2D eigenvalue weighted by atomic mass is 10.0. The molecule has 1 aromatic carbocycles. The van der Waals surface area contributed by atoms with E-state index in [2.05, 4.69) is 11.8 Å². The van der Waals surface area contributed by atoms with Crippen LogP contribution in [0.2, 0.25) is 0 Å². The lowest BCUT2D eigenvalue weighted by Gasteiger charge is -2.24. The Labute approximate surface area is 108 Å². The Balaban J connectivity index is 2.29. The van der Waals surface area contributed by atoms with Crippen molar-refractivity contribution in [1.29, 1.82) is 0 Å². The molecule has 0 spiro atoms. The van der Waals surface area contributed by atoms with Gasteiger partial charge in [0, 0.05) is 13.1 Å². The molecule has 0 radical (unpaired) electrons. The molecule has 18 heavy (non-hydrogen) atoms. The lowest BCUT2D eigenvalue weighted by Crippen LogP contribution is -2.26. The average molecular weight is 247 g/mol. The molecule has 1 saturated heterocycles. The summed E-state index contributed by atoms with van der Waals surface area (Å²) in [6.07, 6.45) is 3.53. The van der Waals surface area contributed by atoms with Gasteiger partial charge >= 0.3 is 5.97 Å². The van der Waals surface area contributed by atoms with Crippen molar-refractivity contribution >= 4 is 11.7 Å². The molecular weight excluding hydrogens is 226 g/mol. The first-order valence-corrected chi connectivity index (χ1v) is 6.67. The SMILES string of the molecule is Cc1ccc(N2CCCC(C)CC2)c(C(=O)O)c1. The van der Waals surface area contributed by atoms with Gasteiger partial charge in [0.25, 0.3) is 0 Å². The lowest BCUT2D eigenvalue weighted by molar-refractivity contribution is 0.0697. The Morgan fingerprint density at radius 1 is 1.33 bits per heavy atom. The molecule has 0 aromatic heterocycles. The quantitative estimate of drug-likeness (QED) is 0.871. The Bertz CT molecular complexity index is 442. The number of hydrogen-bond donors (Lipinski definition) is 1. The number of rotatable bonds is 2. The monoisotopic (exact) mass is 247 g/mol. The second kappa shape index (κ2) is 5.42. The molecule has 0 bridgehead atoms. The van der Waals surface area contributed by atoms with Crippen molar-refractivity contribution in [3.8, 4) is 0 Å². The maximum atomic E-state index is 11.3. The van der Waals surface area contributed by atoms with Crippen LogP contribution in [0.3, 0.4) is 0 Å². The molecule has 1 heterocycles. The fourth-order valence-electron chi connectivity index (χ4n) is 2.60. The van der Waals surface area contributed by atoms with Gasteiger partial charge < -0.3 is 10.0 Å². The maximum absolute atomic E-state index is 11.3. The van der Waals surface area contributed by atoms with E-state index in [0.717, 1.165) is 43.1 Å². The van der Waals surface area contributed by atoms with E-state index in [4.69, 9.17) is 0 Å². The van der Waals surface area contributed by atoms with Gasteiger partial charge in [-0.25, -0.2) is 4.79 Å². The molecule has 1 aliphatic heterocycles. The molecule has 0 amide bonds. The summed E-state index contributed by atoms with van der Waals surface area (Å²) >= 11 is 0. The first-order valence-electron chi connectivity index (χ1n) is 6.67. The largest absolute Gasteiger partial charge is 0.478 e. The smallest absolute Gasteiger partial charge is 0.337 e. The second-order valence-corrected chi connectivity index (χ2v) is 5.35. The standard InChI is InChI=1S/C15H21NO2/c1-11-4-3-8-16(9-7-11)14-6-5-12(2)10-13(14)15(17)18/h5-6,10-11H,3-4,7-9H2,1-2H3,(H,17,18). The van der Waals surface area contributed by atoms with Gasteiger partial charge in [0.1, 0.15) is 0 Å². The zero-order chi connectivity index (χ0) is 13.1. The summed E-state index contributed by atoms with van der Waals surface area (Å²) in [5, 5.41) is 9.32. The van der Waals surface area contributed by atoms with E-state index in [1.165, 1.54) is 6.42 Å². The van der Waals surface area contributed by atoms with Crippen LogP contribution in [0.15, 0.2) is 18.2 Å². The third-order valence-electron chi connectivity index (χ3n) is 3.74. The number of nitrogens with zero attached hydrogens (tertiary/aromatic N) is 1. The van der Waals surface area contributed by atoms with Crippen LogP contribution >= 0.6 is 0 Å². The Kier molecular flexibility index (Phi) is 3.90. The highest BCUT2D eigenvalue weighted by Crippen LogP contribution is 2.26. The predicted octanol–water partition coefficient (Wildman–Crippen LogP) is 3.32. The molecule has 1 unspecified atom stereocenters. The van der Waals surface area contributed by atoms with Gasteiger partial charge in [-0.1, -0.05) is 18.6 Å². The molecule has 0 saturated carbocycles. The summed E-state index contributed by atoms with van der Waals surface area (Å²) < 4.78 is 0. The highest BCUT2D eigenvalue weighted by molar-refractivity contribution is 5.94. The number of hydrogen-bond acceptors (Lipinski definition) is 2. The van der Waals surface area contributed by atoms with Crippen molar-refractivity contribution in [2.45, 2.75) is 33.1 Å². The minimum Gasteiger partial charge on any atom is -0.478 e. The zero-order valence-corrected chi connectivity index (χ0v) is 11.1. The summed E-state index contributed by atoms with van der Waals surface area (Å²) in [6.45, 7) is 6.13. The number of carbonyl (C=O) groups is 1. The molecular formula is C15H21NO2. The summed E-state index contributed by atoms with van der Waals surface area (Å²) in [5.74, 6) is -0.0836. The molecule has 1 N–H and O–H groups in total. The van der Waals surface area contributed by atoms with Gasteiger partial charge in [0.2, 0.25) is 0 Å². The summed E-state index contributed by atoms with van der Waals surface area (Å²) in [7, 11) is 0. The zero-order valence-electron chi connectivity index (χ0n) is 11.1. The Morgan fingerprint density at radius 2 is 2.11 bits per heavy atom. The van der Waals surface area contributed by atoms with Crippen molar-refractivity contribution in [3.05, 3.63) is 29.3 Å². The molecule has 1 aliphatic rings. The number of aryl methyl sites for hydroxylation is 1. The van der Waals surface area contributed by atoms with E-state index in [0.29, 0.717) is 5.56 Å². The van der Waals surface area contributed by atoms with Crippen LogP contribution in [-0.4, -0.2) is 24.2 Å². The predicted molar refractivity (Wildman–Crippen MR) is 73.4 cm³/mol. The molecule has 3 nitrogen and oxygen atoms in total. The van der Waals surface area contributed by atoms with Crippen LogP contribution in [-0.2, 0) is 0 Å². The topological polar surface area (TPSA) is 40.5 Å². The first-order chi connectivity index (χ1) is 8.58. The second-order valence-electron chi connectivity index (χ2n) is 5.35. The highest BCUT2D eigenvalue weighted by Gasteiger charge is 2.19. The summed E-state index contributed by atoms with van der Waals surface area (Å²) in [4.78, 5) is 13.6. The van der Waals surface area contributed by atoms with Gasteiger partial charge in [-0.3, -0.25) is 0 Å². The number of anilines is 1. The van der Waals surface area contributed by atoms with Crippen LogP contribution in [0, 0.1) is 12.8 Å². The maximum Gasteiger partial charge on any atom is 0.337 e. The van der Waals surface area contributed by atoms with Gasteiger partial charge in [0.15, 0.2) is 0 Å². The number of carboxylic acids is 1. The summed E-state index contributed by atoms with van der Waals surface area (Å²) in [5.41, 5.74) is 2.31. The molecule has 2 rings (SSSR count). The van der Waals surface area contributed by atoms with Gasteiger partial charge in [-0.05, 0) is 44.2 Å². The minimum atomic E-state index is -0.828. The minimum absolute atomic E-state index is 0.435. The Hall–Kier alpha value is -1.51. The van der Waals surface area contributed by atoms with Crippen LogP contribution in [0.5, 0.6) is 0 Å². The van der Waals surface area contributed by atoms with Crippen molar-refractivity contribution in [2.24, 2.45) is 5.92 Å². The third kappa shape index (κ3) is 2.84. The number of aromatic carboxylic acids is 1. The van der Waals surface area contributed by atoms with E-state index < -0.39 is 5.97 Å². The van der Waals surface area contributed by atoms with Crippen molar-refractivity contribution in [2.75, 3.05) is 18.0 Å². The molecule has 0 aliphatic carbocycles. The van der Waals surface area contributed by atoms with E-state index >= 15 is 0 Å². The average Bonchev–Trinajstić information content (AvgIpc) is 2.54. The molecule has 3 heteroatoms. The van der Waals surface area contributed by atoms with E-state index in [9.17, 15) is 9.90 Å². The third-order valence-corrected chi connectivity index (χ3v) is 3.74. The fraction of sp³-hybridized carbons (Fsp3) is 0.533. The first kappa shape index (κ1) is 12.9. The van der Waals surface area contributed by atoms with Crippen molar-refractivity contribution < 1.29 is 9.90 Å². The fourth-order valence-corrected chi connectivity index (χ4v) is 2.60. The van der Waals surface area contributed by atoms with E-state index in [-0.39, 0.29) is 0 Å². The summed E-state index contributed by atoms with van der Waals surface area (Å²) in [6, 6.07) is 5.72. The van der Waals surface area contributed by atoms with E-state index in [1.54, 1.807) is 6.07 Å². The molecule has 1 fully saturated rings. The van der Waals surface area contributed by atoms with Gasteiger partial charge in [0.05, 0.1) is 11.3 Å². The Morgan fingerprint density at radius 3 is 2.83 bits per heavy atom. The molecule has 1 atom stereocenters. The number of benzene rings is 1. The highest BCUT2D eigenvalue weighted by atomic mass is 16.4. The van der Waals surface area contributed by atoms with Crippen LogP contribution < -0.4 is 4.90 Å². The molecule has 1 aromatic rings. The van der Waals surface area contributed by atoms with Crippen LogP contribution in [0.1, 0.15) is 42.1 Å².